The Balaban J connectivity index is 2.16. The SMILES string of the molecule is CC(C)C(Nc1ncc([N+](=O)[O-])s1)c1cccs1. The number of nitro groups is 1. The first-order valence-corrected chi connectivity index (χ1v) is 7.17. The minimum atomic E-state index is -0.418. The summed E-state index contributed by atoms with van der Waals surface area (Å²) in [7, 11) is 0. The van der Waals surface area contributed by atoms with Crippen molar-refractivity contribution in [2.24, 2.45) is 5.92 Å². The summed E-state index contributed by atoms with van der Waals surface area (Å²) in [6.45, 7) is 4.22. The monoisotopic (exact) mass is 283 g/mol. The van der Waals surface area contributed by atoms with Gasteiger partial charge in [0.15, 0.2) is 5.13 Å². The highest BCUT2D eigenvalue weighted by molar-refractivity contribution is 7.18. The molecule has 5 nitrogen and oxygen atoms in total. The van der Waals surface area contributed by atoms with E-state index in [9.17, 15) is 10.1 Å². The number of aromatic nitrogens is 1. The maximum atomic E-state index is 10.6. The van der Waals surface area contributed by atoms with E-state index < -0.39 is 4.92 Å². The number of thiophene rings is 1. The van der Waals surface area contributed by atoms with Gasteiger partial charge in [0.2, 0.25) is 0 Å². The van der Waals surface area contributed by atoms with Crippen molar-refractivity contribution in [3.05, 3.63) is 38.7 Å². The molecule has 0 spiro atoms. The van der Waals surface area contributed by atoms with Gasteiger partial charge in [-0.2, -0.15) is 0 Å². The van der Waals surface area contributed by atoms with Gasteiger partial charge in [-0.25, -0.2) is 4.98 Å². The zero-order valence-electron chi connectivity index (χ0n) is 9.99. The van der Waals surface area contributed by atoms with E-state index in [-0.39, 0.29) is 11.0 Å². The van der Waals surface area contributed by atoms with E-state index >= 15 is 0 Å². The van der Waals surface area contributed by atoms with E-state index in [1.54, 1.807) is 11.3 Å². The van der Waals surface area contributed by atoms with E-state index in [1.807, 2.05) is 11.4 Å². The Labute approximate surface area is 113 Å². The van der Waals surface area contributed by atoms with Crippen LogP contribution < -0.4 is 5.32 Å². The van der Waals surface area contributed by atoms with Crippen molar-refractivity contribution < 1.29 is 4.92 Å². The van der Waals surface area contributed by atoms with Crippen LogP contribution in [-0.2, 0) is 0 Å². The molecule has 0 bridgehead atoms. The van der Waals surface area contributed by atoms with Crippen molar-refractivity contribution in [2.75, 3.05) is 5.32 Å². The van der Waals surface area contributed by atoms with Crippen molar-refractivity contribution in [2.45, 2.75) is 19.9 Å². The van der Waals surface area contributed by atoms with Gasteiger partial charge >= 0.3 is 5.00 Å². The predicted octanol–water partition coefficient (Wildman–Crippen LogP) is 3.92. The molecule has 0 radical (unpaired) electrons. The summed E-state index contributed by atoms with van der Waals surface area (Å²) in [5.74, 6) is 0.381. The van der Waals surface area contributed by atoms with Crippen LogP contribution in [0.2, 0.25) is 0 Å². The first-order chi connectivity index (χ1) is 8.58. The summed E-state index contributed by atoms with van der Waals surface area (Å²) in [6.07, 6.45) is 1.29. The van der Waals surface area contributed by atoms with Crippen LogP contribution in [0.3, 0.4) is 0 Å². The number of rotatable bonds is 5. The molecule has 2 aromatic rings. The number of nitrogens with zero attached hydrogens (tertiary/aromatic N) is 2. The quantitative estimate of drug-likeness (QED) is 0.667. The van der Waals surface area contributed by atoms with Crippen LogP contribution in [0.15, 0.2) is 23.7 Å². The highest BCUT2D eigenvalue weighted by atomic mass is 32.1. The lowest BCUT2D eigenvalue weighted by molar-refractivity contribution is -0.380. The molecule has 1 N–H and O–H groups in total. The minimum absolute atomic E-state index is 0.0613. The molecule has 1 atom stereocenters. The third kappa shape index (κ3) is 2.85. The summed E-state index contributed by atoms with van der Waals surface area (Å²) in [4.78, 5) is 15.4. The van der Waals surface area contributed by atoms with Gasteiger partial charge < -0.3 is 5.32 Å². The molecular weight excluding hydrogens is 270 g/mol. The molecule has 0 saturated heterocycles. The molecule has 96 valence electrons. The number of hydrogen-bond donors (Lipinski definition) is 1. The van der Waals surface area contributed by atoms with Crippen LogP contribution in [0.25, 0.3) is 0 Å². The second-order valence-corrected chi connectivity index (χ2v) is 6.13. The molecule has 0 aromatic carbocycles. The van der Waals surface area contributed by atoms with E-state index in [2.05, 4.69) is 30.2 Å². The van der Waals surface area contributed by atoms with Crippen molar-refractivity contribution in [1.29, 1.82) is 0 Å². The Morgan fingerprint density at radius 3 is 2.78 bits per heavy atom. The Morgan fingerprint density at radius 1 is 1.50 bits per heavy atom. The second-order valence-electron chi connectivity index (χ2n) is 4.14. The molecule has 2 rings (SSSR count). The van der Waals surface area contributed by atoms with Crippen molar-refractivity contribution >= 4 is 32.8 Å². The van der Waals surface area contributed by atoms with Crippen molar-refractivity contribution in [1.82, 2.24) is 4.98 Å². The van der Waals surface area contributed by atoms with Crippen LogP contribution in [0.4, 0.5) is 10.1 Å². The van der Waals surface area contributed by atoms with Crippen molar-refractivity contribution in [3.8, 4) is 0 Å². The van der Waals surface area contributed by atoms with Gasteiger partial charge in [0.1, 0.15) is 6.20 Å². The summed E-state index contributed by atoms with van der Waals surface area (Å²) in [5, 5.41) is 16.6. The molecule has 0 aliphatic carbocycles. The number of thiazole rings is 1. The molecule has 0 saturated carbocycles. The number of anilines is 1. The molecule has 2 heterocycles. The standard InChI is InChI=1S/C11H13N3O2S2/c1-7(2)10(8-4-3-5-17-8)13-11-12-6-9(18-11)14(15)16/h3-7,10H,1-2H3,(H,12,13). The largest absolute Gasteiger partial charge is 0.353 e. The molecular formula is C11H13N3O2S2. The molecule has 0 fully saturated rings. The first kappa shape index (κ1) is 13.0. The molecule has 0 aliphatic heterocycles. The molecule has 18 heavy (non-hydrogen) atoms. The maximum absolute atomic E-state index is 10.6. The second kappa shape index (κ2) is 5.45. The fourth-order valence-corrected chi connectivity index (χ4v) is 3.20. The first-order valence-electron chi connectivity index (χ1n) is 5.48. The topological polar surface area (TPSA) is 68.1 Å². The van der Waals surface area contributed by atoms with E-state index in [1.165, 1.54) is 11.1 Å². The van der Waals surface area contributed by atoms with Gasteiger partial charge in [0.05, 0.1) is 11.0 Å². The normalized spacial score (nSPS) is 12.6. The van der Waals surface area contributed by atoms with Gasteiger partial charge in [-0.15, -0.1) is 11.3 Å². The van der Waals surface area contributed by atoms with Crippen LogP contribution in [0.5, 0.6) is 0 Å². The van der Waals surface area contributed by atoms with Crippen LogP contribution in [0.1, 0.15) is 24.8 Å². The molecule has 1 unspecified atom stereocenters. The van der Waals surface area contributed by atoms with Gasteiger partial charge in [-0.1, -0.05) is 19.9 Å². The Hall–Kier alpha value is -1.47. The van der Waals surface area contributed by atoms with E-state index in [0.29, 0.717) is 11.0 Å². The van der Waals surface area contributed by atoms with Crippen molar-refractivity contribution in [3.63, 3.8) is 0 Å². The zero-order valence-corrected chi connectivity index (χ0v) is 11.6. The van der Waals surface area contributed by atoms with Crippen LogP contribution >= 0.6 is 22.7 Å². The summed E-state index contributed by atoms with van der Waals surface area (Å²) in [6, 6.07) is 4.20. The summed E-state index contributed by atoms with van der Waals surface area (Å²) >= 11 is 2.74. The smallest absolute Gasteiger partial charge is 0.345 e. The number of nitrogens with one attached hydrogen (secondary N) is 1. The highest BCUT2D eigenvalue weighted by Gasteiger charge is 2.19. The number of hydrogen-bond acceptors (Lipinski definition) is 6. The average molecular weight is 283 g/mol. The molecule has 0 aliphatic rings. The molecule has 7 heteroatoms. The van der Waals surface area contributed by atoms with E-state index in [4.69, 9.17) is 0 Å². The Bertz CT molecular complexity index is 522. The fourth-order valence-electron chi connectivity index (χ4n) is 1.58. The third-order valence-electron chi connectivity index (χ3n) is 2.47. The fraction of sp³-hybridized carbons (Fsp3) is 0.364. The van der Waals surface area contributed by atoms with E-state index in [0.717, 1.165) is 11.3 Å². The van der Waals surface area contributed by atoms with Gasteiger partial charge in [0, 0.05) is 4.88 Å². The summed E-state index contributed by atoms with van der Waals surface area (Å²) in [5.41, 5.74) is 0. The summed E-state index contributed by atoms with van der Waals surface area (Å²) < 4.78 is 0. The molecule has 2 aromatic heterocycles. The zero-order chi connectivity index (χ0) is 13.1. The van der Waals surface area contributed by atoms with Gasteiger partial charge in [-0.3, -0.25) is 10.1 Å². The highest BCUT2D eigenvalue weighted by Crippen LogP contribution is 2.33. The lowest BCUT2D eigenvalue weighted by atomic mass is 10.0. The van der Waals surface area contributed by atoms with Gasteiger partial charge in [0.25, 0.3) is 0 Å². The molecule has 0 amide bonds. The lowest BCUT2D eigenvalue weighted by Crippen LogP contribution is -2.15. The maximum Gasteiger partial charge on any atom is 0.345 e. The lowest BCUT2D eigenvalue weighted by Gasteiger charge is -2.20. The Morgan fingerprint density at radius 2 is 2.28 bits per heavy atom. The Kier molecular flexibility index (Phi) is 3.93. The predicted molar refractivity (Wildman–Crippen MR) is 74.3 cm³/mol. The van der Waals surface area contributed by atoms with Crippen LogP contribution in [0, 0.1) is 16.0 Å². The van der Waals surface area contributed by atoms with Gasteiger partial charge in [-0.05, 0) is 28.7 Å². The third-order valence-corrected chi connectivity index (χ3v) is 4.30. The van der Waals surface area contributed by atoms with Crippen LogP contribution in [-0.4, -0.2) is 9.91 Å². The average Bonchev–Trinajstić information content (AvgIpc) is 2.96. The minimum Gasteiger partial charge on any atom is -0.353 e.